The monoisotopic (exact) mass is 355 g/mol. The molecule has 1 saturated heterocycles. The molecule has 1 aliphatic heterocycles. The van der Waals surface area contributed by atoms with E-state index in [1.54, 1.807) is 11.3 Å². The van der Waals surface area contributed by atoms with Crippen LogP contribution in [0.1, 0.15) is 50.2 Å². The molecule has 3 aromatic rings. The van der Waals surface area contributed by atoms with Gasteiger partial charge in [-0.25, -0.2) is 0 Å². The molecule has 6 nitrogen and oxygen atoms in total. The molecule has 1 aliphatic rings. The number of nitrogens with zero attached hydrogens (tertiary/aromatic N) is 5. The van der Waals surface area contributed by atoms with E-state index in [9.17, 15) is 0 Å². The largest absolute Gasteiger partial charge is 0.346 e. The molecule has 2 aromatic heterocycles. The van der Waals surface area contributed by atoms with Gasteiger partial charge in [0, 0.05) is 30.5 Å². The van der Waals surface area contributed by atoms with Crippen molar-refractivity contribution in [3.8, 4) is 10.6 Å². The Morgan fingerprint density at radius 1 is 1.20 bits per heavy atom. The number of rotatable bonds is 4. The van der Waals surface area contributed by atoms with Crippen molar-refractivity contribution in [3.05, 3.63) is 42.0 Å². The summed E-state index contributed by atoms with van der Waals surface area (Å²) in [5, 5.41) is 14.9. The molecule has 0 amide bonds. The number of benzene rings is 1. The molecule has 7 heteroatoms. The molecular weight excluding hydrogens is 334 g/mol. The fourth-order valence-electron chi connectivity index (χ4n) is 3.05. The predicted octanol–water partition coefficient (Wildman–Crippen LogP) is 4.10. The van der Waals surface area contributed by atoms with Crippen LogP contribution in [0.2, 0.25) is 0 Å². The minimum Gasteiger partial charge on any atom is -0.346 e. The van der Waals surface area contributed by atoms with Crippen LogP contribution in [-0.2, 0) is 0 Å². The van der Waals surface area contributed by atoms with Crippen LogP contribution < -0.4 is 4.90 Å². The number of hydrogen-bond donors (Lipinski definition) is 0. The summed E-state index contributed by atoms with van der Waals surface area (Å²) in [6.45, 7) is 5.99. The van der Waals surface area contributed by atoms with Crippen LogP contribution in [0.4, 0.5) is 5.13 Å². The van der Waals surface area contributed by atoms with Crippen molar-refractivity contribution >= 4 is 16.5 Å². The average molecular weight is 355 g/mol. The summed E-state index contributed by atoms with van der Waals surface area (Å²) < 4.78 is 5.38. The lowest BCUT2D eigenvalue weighted by molar-refractivity contribution is 0.354. The fraction of sp³-hybridized carbons (Fsp3) is 0.444. The molecule has 0 spiro atoms. The lowest BCUT2D eigenvalue weighted by Gasteiger charge is -2.30. The SMILES string of the molecule is CC(C)c1nc(C2CCCN(c3nnc(-c4ccccc4)s3)C2)no1. The van der Waals surface area contributed by atoms with Crippen molar-refractivity contribution in [2.45, 2.75) is 38.5 Å². The smallest absolute Gasteiger partial charge is 0.229 e. The highest BCUT2D eigenvalue weighted by molar-refractivity contribution is 7.18. The maximum absolute atomic E-state index is 5.38. The van der Waals surface area contributed by atoms with E-state index >= 15 is 0 Å². The standard InChI is InChI=1S/C18H21N5OS/c1-12(2)16-19-15(22-24-16)14-9-6-10-23(11-14)18-21-20-17(25-18)13-7-4-3-5-8-13/h3-5,7-8,12,14H,6,9-11H2,1-2H3. The minimum absolute atomic E-state index is 0.262. The van der Waals surface area contributed by atoms with Crippen molar-refractivity contribution in [2.75, 3.05) is 18.0 Å². The van der Waals surface area contributed by atoms with Gasteiger partial charge in [-0.05, 0) is 12.8 Å². The Bertz CT molecular complexity index is 829. The van der Waals surface area contributed by atoms with Gasteiger partial charge in [-0.3, -0.25) is 0 Å². The topological polar surface area (TPSA) is 67.9 Å². The Hall–Kier alpha value is -2.28. The van der Waals surface area contributed by atoms with Crippen molar-refractivity contribution in [2.24, 2.45) is 0 Å². The van der Waals surface area contributed by atoms with Crippen LogP contribution in [0.25, 0.3) is 10.6 Å². The molecule has 1 unspecified atom stereocenters. The van der Waals surface area contributed by atoms with Gasteiger partial charge in [-0.2, -0.15) is 4.98 Å². The van der Waals surface area contributed by atoms with Gasteiger partial charge < -0.3 is 9.42 Å². The zero-order chi connectivity index (χ0) is 17.2. The first-order valence-corrected chi connectivity index (χ1v) is 9.49. The highest BCUT2D eigenvalue weighted by atomic mass is 32.1. The van der Waals surface area contributed by atoms with Crippen LogP contribution in [0.5, 0.6) is 0 Å². The third kappa shape index (κ3) is 3.42. The normalized spacial score (nSPS) is 18.0. The Balaban J connectivity index is 1.50. The summed E-state index contributed by atoms with van der Waals surface area (Å²) in [5.41, 5.74) is 1.11. The molecule has 1 atom stereocenters. The van der Waals surface area contributed by atoms with Gasteiger partial charge in [-0.15, -0.1) is 10.2 Å². The average Bonchev–Trinajstić information content (AvgIpc) is 3.33. The molecule has 4 rings (SSSR count). The van der Waals surface area contributed by atoms with Crippen molar-refractivity contribution in [1.82, 2.24) is 20.3 Å². The van der Waals surface area contributed by atoms with Gasteiger partial charge in [0.1, 0.15) is 5.01 Å². The van der Waals surface area contributed by atoms with Gasteiger partial charge in [0.2, 0.25) is 11.0 Å². The molecule has 0 saturated carbocycles. The Morgan fingerprint density at radius 3 is 2.80 bits per heavy atom. The fourth-order valence-corrected chi connectivity index (χ4v) is 3.93. The van der Waals surface area contributed by atoms with E-state index < -0.39 is 0 Å². The summed E-state index contributed by atoms with van der Waals surface area (Å²) in [6, 6.07) is 10.2. The molecule has 25 heavy (non-hydrogen) atoms. The summed E-state index contributed by atoms with van der Waals surface area (Å²) in [7, 11) is 0. The van der Waals surface area contributed by atoms with E-state index in [2.05, 4.69) is 51.2 Å². The molecule has 0 radical (unpaired) electrons. The highest BCUT2D eigenvalue weighted by Crippen LogP contribution is 2.33. The highest BCUT2D eigenvalue weighted by Gasteiger charge is 2.27. The first-order valence-electron chi connectivity index (χ1n) is 8.68. The number of anilines is 1. The summed E-state index contributed by atoms with van der Waals surface area (Å²) >= 11 is 1.64. The third-order valence-electron chi connectivity index (χ3n) is 4.44. The number of hydrogen-bond acceptors (Lipinski definition) is 7. The van der Waals surface area contributed by atoms with Crippen molar-refractivity contribution in [1.29, 1.82) is 0 Å². The summed E-state index contributed by atoms with van der Waals surface area (Å²) in [6.07, 6.45) is 2.17. The van der Waals surface area contributed by atoms with Gasteiger partial charge in [0.15, 0.2) is 5.82 Å². The molecule has 1 fully saturated rings. The van der Waals surface area contributed by atoms with Crippen molar-refractivity contribution in [3.63, 3.8) is 0 Å². The molecular formula is C18H21N5OS. The van der Waals surface area contributed by atoms with Crippen LogP contribution in [0.3, 0.4) is 0 Å². The maximum Gasteiger partial charge on any atom is 0.229 e. The van der Waals surface area contributed by atoms with E-state index in [4.69, 9.17) is 4.52 Å². The van der Waals surface area contributed by atoms with Gasteiger partial charge in [0.05, 0.1) is 0 Å². The zero-order valence-corrected chi connectivity index (χ0v) is 15.2. The zero-order valence-electron chi connectivity index (χ0n) is 14.4. The van der Waals surface area contributed by atoms with Crippen molar-refractivity contribution < 1.29 is 4.52 Å². The second-order valence-electron chi connectivity index (χ2n) is 6.69. The maximum atomic E-state index is 5.38. The Kier molecular flexibility index (Phi) is 4.48. The molecule has 130 valence electrons. The van der Waals surface area contributed by atoms with Crippen LogP contribution in [0.15, 0.2) is 34.9 Å². The second kappa shape index (κ2) is 6.92. The number of piperidine rings is 1. The molecule has 0 bridgehead atoms. The molecule has 1 aromatic carbocycles. The minimum atomic E-state index is 0.262. The van der Waals surface area contributed by atoms with E-state index in [0.29, 0.717) is 0 Å². The van der Waals surface area contributed by atoms with Gasteiger partial charge >= 0.3 is 0 Å². The molecule has 0 N–H and O–H groups in total. The van der Waals surface area contributed by atoms with Gasteiger partial charge in [0.25, 0.3) is 0 Å². The molecule has 3 heterocycles. The van der Waals surface area contributed by atoms with Crippen LogP contribution in [-0.4, -0.2) is 33.4 Å². The summed E-state index contributed by atoms with van der Waals surface area (Å²) in [5.74, 6) is 2.09. The van der Waals surface area contributed by atoms with E-state index in [1.165, 1.54) is 0 Å². The first kappa shape index (κ1) is 16.2. The van der Waals surface area contributed by atoms with E-state index in [-0.39, 0.29) is 11.8 Å². The Labute approximate surface area is 150 Å². The lowest BCUT2D eigenvalue weighted by atomic mass is 9.98. The van der Waals surface area contributed by atoms with E-state index in [0.717, 1.165) is 53.3 Å². The second-order valence-corrected chi connectivity index (χ2v) is 7.64. The number of aromatic nitrogens is 4. The summed E-state index contributed by atoms with van der Waals surface area (Å²) in [4.78, 5) is 6.87. The third-order valence-corrected chi connectivity index (χ3v) is 5.48. The molecule has 0 aliphatic carbocycles. The predicted molar refractivity (Wildman–Crippen MR) is 97.9 cm³/mol. The van der Waals surface area contributed by atoms with Gasteiger partial charge in [-0.1, -0.05) is 60.7 Å². The first-order chi connectivity index (χ1) is 12.2. The lowest BCUT2D eigenvalue weighted by Crippen LogP contribution is -2.34. The van der Waals surface area contributed by atoms with Crippen LogP contribution in [0, 0.1) is 0 Å². The van der Waals surface area contributed by atoms with Crippen LogP contribution >= 0.6 is 11.3 Å². The Morgan fingerprint density at radius 2 is 2.04 bits per heavy atom. The van der Waals surface area contributed by atoms with E-state index in [1.807, 2.05) is 18.2 Å². The quantitative estimate of drug-likeness (QED) is 0.702.